The van der Waals surface area contributed by atoms with Gasteiger partial charge in [-0.1, -0.05) is 40.7 Å². The van der Waals surface area contributed by atoms with Gasteiger partial charge < -0.3 is 5.11 Å². The number of anilines is 1. The van der Waals surface area contributed by atoms with Crippen molar-refractivity contribution < 1.29 is 14.7 Å². The lowest BCUT2D eigenvalue weighted by molar-refractivity contribution is 0.143. The largest absolute Gasteiger partial charge is 0.437 e. The summed E-state index contributed by atoms with van der Waals surface area (Å²) < 4.78 is 0. The maximum Gasteiger partial charge on any atom is 0.437 e. The van der Waals surface area contributed by atoms with Crippen LogP contribution in [-0.4, -0.2) is 23.0 Å². The summed E-state index contributed by atoms with van der Waals surface area (Å²) in [6.45, 7) is 3.24. The van der Waals surface area contributed by atoms with Gasteiger partial charge in [0.2, 0.25) is 0 Å². The van der Waals surface area contributed by atoms with Gasteiger partial charge in [0.15, 0.2) is 0 Å². The van der Waals surface area contributed by atoms with Crippen LogP contribution in [0, 0.1) is 11.8 Å². The number of rotatable bonds is 3. The third-order valence-electron chi connectivity index (χ3n) is 2.85. The Labute approximate surface area is 151 Å². The number of hydrogen-bond acceptors (Lipinski definition) is 4. The van der Waals surface area contributed by atoms with E-state index in [4.69, 9.17) is 16.4 Å². The third-order valence-corrected chi connectivity index (χ3v) is 3.10. The van der Waals surface area contributed by atoms with Crippen molar-refractivity contribution in [1.82, 2.24) is 0 Å². The van der Waals surface area contributed by atoms with E-state index < -0.39 is 11.7 Å². The second kappa shape index (κ2) is 8.34. The zero-order valence-corrected chi connectivity index (χ0v) is 14.5. The Balaban J connectivity index is 1.87. The van der Waals surface area contributed by atoms with Gasteiger partial charge >= 0.3 is 6.09 Å². The average Bonchev–Trinajstić information content (AvgIpc) is 2.55. The molecule has 2 N–H and O–H groups in total. The Bertz CT molecular complexity index is 811. The number of amides is 1. The number of aliphatic hydroxyl groups is 1. The molecule has 0 heterocycles. The van der Waals surface area contributed by atoms with E-state index >= 15 is 0 Å². The number of carbonyl (C=O) groups is 1. The van der Waals surface area contributed by atoms with Crippen molar-refractivity contribution in [1.29, 1.82) is 0 Å². The molecule has 5 nitrogen and oxygen atoms in total. The molecule has 0 atom stereocenters. The molecule has 0 radical (unpaired) electrons. The summed E-state index contributed by atoms with van der Waals surface area (Å²) in [6.07, 6.45) is 0.709. The summed E-state index contributed by atoms with van der Waals surface area (Å²) in [6, 6.07) is 13.7. The van der Waals surface area contributed by atoms with Gasteiger partial charge in [0.1, 0.15) is 5.60 Å². The summed E-state index contributed by atoms with van der Waals surface area (Å²) in [7, 11) is 0. The highest BCUT2D eigenvalue weighted by atomic mass is 35.5. The average molecular weight is 357 g/mol. The topological polar surface area (TPSA) is 70.9 Å². The Hall–Kier alpha value is -2.81. The molecule has 2 rings (SSSR count). The van der Waals surface area contributed by atoms with Gasteiger partial charge in [0.05, 0.1) is 6.21 Å². The van der Waals surface area contributed by atoms with Crippen molar-refractivity contribution >= 4 is 29.6 Å². The van der Waals surface area contributed by atoms with Gasteiger partial charge in [-0.05, 0) is 55.8 Å². The maximum atomic E-state index is 11.6. The third kappa shape index (κ3) is 7.08. The lowest BCUT2D eigenvalue weighted by Crippen LogP contribution is -2.14. The second-order valence-electron chi connectivity index (χ2n) is 5.68. The van der Waals surface area contributed by atoms with Gasteiger partial charge in [-0.2, -0.15) is 0 Å². The highest BCUT2D eigenvalue weighted by Crippen LogP contribution is 2.13. The first kappa shape index (κ1) is 18.5. The number of oxime groups is 1. The number of nitrogens with one attached hydrogen (secondary N) is 1. The predicted molar refractivity (Wildman–Crippen MR) is 98.8 cm³/mol. The molecule has 0 fully saturated rings. The van der Waals surface area contributed by atoms with Crippen LogP contribution in [0.4, 0.5) is 10.5 Å². The second-order valence-corrected chi connectivity index (χ2v) is 6.11. The van der Waals surface area contributed by atoms with Gasteiger partial charge in [0, 0.05) is 16.3 Å². The monoisotopic (exact) mass is 356 g/mol. The molecular weight excluding hydrogens is 340 g/mol. The minimum Gasteiger partial charge on any atom is -0.378 e. The quantitative estimate of drug-likeness (QED) is 0.377. The van der Waals surface area contributed by atoms with Crippen LogP contribution in [0.15, 0.2) is 53.7 Å². The van der Waals surface area contributed by atoms with Crippen LogP contribution in [0.1, 0.15) is 25.0 Å². The van der Waals surface area contributed by atoms with Crippen molar-refractivity contribution in [2.75, 3.05) is 5.32 Å². The van der Waals surface area contributed by atoms with Crippen molar-refractivity contribution in [3.8, 4) is 11.8 Å². The van der Waals surface area contributed by atoms with Crippen LogP contribution in [0.2, 0.25) is 5.02 Å². The van der Waals surface area contributed by atoms with Crippen LogP contribution < -0.4 is 5.32 Å². The molecule has 128 valence electrons. The smallest absolute Gasteiger partial charge is 0.378 e. The van der Waals surface area contributed by atoms with Crippen LogP contribution in [-0.2, 0) is 4.84 Å². The van der Waals surface area contributed by atoms with Crippen molar-refractivity contribution in [3.63, 3.8) is 0 Å². The fraction of sp³-hybridized carbons (Fsp3) is 0.158. The fourth-order valence-corrected chi connectivity index (χ4v) is 1.81. The molecule has 0 aliphatic carbocycles. The summed E-state index contributed by atoms with van der Waals surface area (Å²) in [5, 5.41) is 16.3. The standard InChI is InChI=1S/C19H17ClN2O3/c1-19(2,24)12-11-14-3-5-15(6-4-14)13-21-25-18(23)22-17-9-7-16(20)8-10-17/h3-10,13,24H,1-2H3,(H,22,23)/b21-13+. The lowest BCUT2D eigenvalue weighted by atomic mass is 10.1. The first-order chi connectivity index (χ1) is 11.8. The molecule has 0 spiro atoms. The predicted octanol–water partition coefficient (Wildman–Crippen LogP) is 4.05. The van der Waals surface area contributed by atoms with E-state index in [1.54, 1.807) is 62.4 Å². The molecule has 0 unspecified atom stereocenters. The van der Waals surface area contributed by atoms with Gasteiger partial charge in [0.25, 0.3) is 0 Å². The number of hydrogen-bond donors (Lipinski definition) is 2. The molecule has 0 aromatic heterocycles. The van der Waals surface area contributed by atoms with E-state index in [0.29, 0.717) is 10.7 Å². The van der Waals surface area contributed by atoms with E-state index in [1.807, 2.05) is 0 Å². The van der Waals surface area contributed by atoms with E-state index in [9.17, 15) is 9.90 Å². The summed E-state index contributed by atoms with van der Waals surface area (Å²) >= 11 is 5.76. The number of halogens is 1. The van der Waals surface area contributed by atoms with Crippen LogP contribution in [0.25, 0.3) is 0 Å². The normalized spacial score (nSPS) is 10.9. The molecule has 0 bridgehead atoms. The minimum absolute atomic E-state index is 0.555. The minimum atomic E-state index is -1.04. The van der Waals surface area contributed by atoms with E-state index in [0.717, 1.165) is 11.1 Å². The van der Waals surface area contributed by atoms with Gasteiger partial charge in [-0.25, -0.2) is 4.79 Å². The molecular formula is C19H17ClN2O3. The highest BCUT2D eigenvalue weighted by molar-refractivity contribution is 6.30. The molecule has 0 saturated carbocycles. The first-order valence-corrected chi connectivity index (χ1v) is 7.82. The first-order valence-electron chi connectivity index (χ1n) is 7.44. The van der Waals surface area contributed by atoms with Crippen LogP contribution in [0.5, 0.6) is 0 Å². The molecule has 0 aliphatic rings. The number of nitrogens with zero attached hydrogens (tertiary/aromatic N) is 1. The van der Waals surface area contributed by atoms with Crippen molar-refractivity contribution in [2.45, 2.75) is 19.4 Å². The molecule has 2 aromatic rings. The zero-order chi connectivity index (χ0) is 18.3. The highest BCUT2D eigenvalue weighted by Gasteiger charge is 2.05. The van der Waals surface area contributed by atoms with Crippen LogP contribution in [0.3, 0.4) is 0 Å². The summed E-state index contributed by atoms with van der Waals surface area (Å²) in [4.78, 5) is 16.3. The van der Waals surface area contributed by atoms with E-state index in [-0.39, 0.29) is 0 Å². The molecule has 6 heteroatoms. The Kier molecular flexibility index (Phi) is 6.18. The molecule has 0 aliphatic heterocycles. The summed E-state index contributed by atoms with van der Waals surface area (Å²) in [5.74, 6) is 5.60. The Morgan fingerprint density at radius 1 is 1.20 bits per heavy atom. The molecule has 1 amide bonds. The fourth-order valence-electron chi connectivity index (χ4n) is 1.69. The summed E-state index contributed by atoms with van der Waals surface area (Å²) in [5.41, 5.74) is 1.03. The molecule has 0 saturated heterocycles. The molecule has 25 heavy (non-hydrogen) atoms. The maximum absolute atomic E-state index is 11.6. The Morgan fingerprint density at radius 3 is 2.44 bits per heavy atom. The van der Waals surface area contributed by atoms with Crippen LogP contribution >= 0.6 is 11.6 Å². The zero-order valence-electron chi connectivity index (χ0n) is 13.8. The lowest BCUT2D eigenvalue weighted by Gasteiger charge is -2.05. The van der Waals surface area contributed by atoms with E-state index in [2.05, 4.69) is 22.3 Å². The van der Waals surface area contributed by atoms with Crippen molar-refractivity contribution in [2.24, 2.45) is 5.16 Å². The number of carbonyl (C=O) groups excluding carboxylic acids is 1. The van der Waals surface area contributed by atoms with Gasteiger partial charge in [-0.3, -0.25) is 10.2 Å². The van der Waals surface area contributed by atoms with E-state index in [1.165, 1.54) is 6.21 Å². The van der Waals surface area contributed by atoms with Crippen molar-refractivity contribution in [3.05, 3.63) is 64.7 Å². The number of benzene rings is 2. The SMILES string of the molecule is CC(C)(O)C#Cc1ccc(/C=N/OC(=O)Nc2ccc(Cl)cc2)cc1. The van der Waals surface area contributed by atoms with Gasteiger partial charge in [-0.15, -0.1) is 0 Å². The Morgan fingerprint density at radius 2 is 1.84 bits per heavy atom. The molecule has 2 aromatic carbocycles.